The minimum absolute atomic E-state index is 0.0290. The van der Waals surface area contributed by atoms with Crippen LogP contribution in [0.4, 0.5) is 5.82 Å². The number of carboxylic acid groups (broad SMARTS) is 2. The van der Waals surface area contributed by atoms with E-state index in [0.29, 0.717) is 5.69 Å². The molecule has 8 heteroatoms. The van der Waals surface area contributed by atoms with Crippen molar-refractivity contribution in [1.29, 1.82) is 5.26 Å². The average molecular weight is 328 g/mol. The van der Waals surface area contributed by atoms with Crippen LogP contribution in [0, 0.1) is 11.3 Å². The summed E-state index contributed by atoms with van der Waals surface area (Å²) >= 11 is 0. The molecule has 1 aromatic carbocycles. The van der Waals surface area contributed by atoms with Crippen LogP contribution < -0.4 is 5.73 Å². The normalized spacial score (nSPS) is 11.1. The quantitative estimate of drug-likeness (QED) is 0.782. The van der Waals surface area contributed by atoms with Gasteiger partial charge in [0.15, 0.2) is 0 Å². The monoisotopic (exact) mass is 328 g/mol. The SMILES string of the molecule is CC(C)(C)c1nn(-c2cc(C(=O)O)cc(C(=O)O)c2)c(N)c1C#N. The predicted octanol–water partition coefficient (Wildman–Crippen LogP) is 2.02. The van der Waals surface area contributed by atoms with Gasteiger partial charge in [-0.05, 0) is 18.2 Å². The van der Waals surface area contributed by atoms with Crippen LogP contribution in [0.1, 0.15) is 52.7 Å². The molecule has 0 fully saturated rings. The van der Waals surface area contributed by atoms with Crippen molar-refractivity contribution >= 4 is 17.8 Å². The van der Waals surface area contributed by atoms with Crippen LogP contribution in [-0.4, -0.2) is 31.9 Å². The maximum atomic E-state index is 11.2. The van der Waals surface area contributed by atoms with E-state index in [1.54, 1.807) is 0 Å². The molecule has 0 radical (unpaired) electrons. The highest BCUT2D eigenvalue weighted by Gasteiger charge is 2.27. The summed E-state index contributed by atoms with van der Waals surface area (Å²) < 4.78 is 1.19. The fourth-order valence-corrected chi connectivity index (χ4v) is 2.24. The molecule has 1 aromatic heterocycles. The standard InChI is InChI=1S/C16H16N4O4/c1-16(2,3)12-11(7-17)13(18)20(19-12)10-5-8(14(21)22)4-9(6-10)15(23)24/h4-6H,18H2,1-3H3,(H,21,22)(H,23,24). The van der Waals surface area contributed by atoms with Crippen LogP contribution in [-0.2, 0) is 5.41 Å². The zero-order chi connectivity index (χ0) is 18.2. The highest BCUT2D eigenvalue weighted by molar-refractivity contribution is 5.94. The molecule has 0 saturated carbocycles. The summed E-state index contributed by atoms with van der Waals surface area (Å²) in [5.74, 6) is -2.52. The first kappa shape index (κ1) is 17.0. The van der Waals surface area contributed by atoms with Gasteiger partial charge in [0.2, 0.25) is 0 Å². The fourth-order valence-electron chi connectivity index (χ4n) is 2.24. The minimum Gasteiger partial charge on any atom is -0.478 e. The molecule has 0 unspecified atom stereocenters. The number of aromatic nitrogens is 2. The Balaban J connectivity index is 2.78. The van der Waals surface area contributed by atoms with Crippen molar-refractivity contribution in [1.82, 2.24) is 9.78 Å². The number of nitrogen functional groups attached to an aromatic ring is 1. The number of hydrogen-bond donors (Lipinski definition) is 3. The number of carbonyl (C=O) groups is 2. The molecule has 4 N–H and O–H groups in total. The molecule has 0 aliphatic rings. The van der Waals surface area contributed by atoms with E-state index < -0.39 is 17.4 Å². The predicted molar refractivity (Wildman–Crippen MR) is 85.3 cm³/mol. The first-order valence-corrected chi connectivity index (χ1v) is 6.97. The van der Waals surface area contributed by atoms with E-state index in [1.165, 1.54) is 16.8 Å². The van der Waals surface area contributed by atoms with Gasteiger partial charge < -0.3 is 15.9 Å². The number of anilines is 1. The van der Waals surface area contributed by atoms with Crippen molar-refractivity contribution in [3.05, 3.63) is 40.6 Å². The molecule has 0 amide bonds. The Kier molecular flexibility index (Phi) is 4.04. The van der Waals surface area contributed by atoms with Crippen LogP contribution >= 0.6 is 0 Å². The molecule has 0 bridgehead atoms. The van der Waals surface area contributed by atoms with Crippen molar-refractivity contribution in [3.63, 3.8) is 0 Å². The lowest BCUT2D eigenvalue weighted by molar-refractivity contribution is 0.0696. The Bertz CT molecular complexity index is 852. The zero-order valence-electron chi connectivity index (χ0n) is 13.4. The molecule has 124 valence electrons. The molecule has 0 aliphatic carbocycles. The molecular formula is C16H16N4O4. The highest BCUT2D eigenvalue weighted by Crippen LogP contribution is 2.30. The van der Waals surface area contributed by atoms with Gasteiger partial charge in [-0.1, -0.05) is 20.8 Å². The number of nitrogens with zero attached hydrogens (tertiary/aromatic N) is 3. The molecule has 0 saturated heterocycles. The molecule has 0 aliphatic heterocycles. The molecule has 0 spiro atoms. The van der Waals surface area contributed by atoms with Gasteiger partial charge in [0, 0.05) is 5.41 Å². The smallest absolute Gasteiger partial charge is 0.335 e. The van der Waals surface area contributed by atoms with Crippen molar-refractivity contribution in [2.24, 2.45) is 0 Å². The Morgan fingerprint density at radius 1 is 1.17 bits per heavy atom. The Labute approximate surface area is 137 Å². The number of aromatic carboxylic acids is 2. The summed E-state index contributed by atoms with van der Waals surface area (Å²) in [4.78, 5) is 22.5. The second-order valence-corrected chi connectivity index (χ2v) is 6.26. The molecule has 2 rings (SSSR count). The van der Waals surface area contributed by atoms with Crippen molar-refractivity contribution in [2.45, 2.75) is 26.2 Å². The van der Waals surface area contributed by atoms with E-state index in [9.17, 15) is 14.9 Å². The van der Waals surface area contributed by atoms with Gasteiger partial charge in [-0.2, -0.15) is 10.4 Å². The van der Waals surface area contributed by atoms with Crippen LogP contribution in [0.3, 0.4) is 0 Å². The van der Waals surface area contributed by atoms with Gasteiger partial charge in [0.05, 0.1) is 22.5 Å². The van der Waals surface area contributed by atoms with E-state index in [0.717, 1.165) is 6.07 Å². The molecule has 24 heavy (non-hydrogen) atoms. The number of nitriles is 1. The highest BCUT2D eigenvalue weighted by atomic mass is 16.4. The van der Waals surface area contributed by atoms with Gasteiger partial charge in [0.1, 0.15) is 17.5 Å². The van der Waals surface area contributed by atoms with Crippen LogP contribution in [0.2, 0.25) is 0 Å². The first-order valence-electron chi connectivity index (χ1n) is 6.97. The van der Waals surface area contributed by atoms with E-state index in [1.807, 2.05) is 26.8 Å². The van der Waals surface area contributed by atoms with Gasteiger partial charge in [-0.15, -0.1) is 0 Å². The number of benzene rings is 1. The van der Waals surface area contributed by atoms with Gasteiger partial charge in [0.25, 0.3) is 0 Å². The average Bonchev–Trinajstić information content (AvgIpc) is 2.83. The Hall–Kier alpha value is -3.34. The van der Waals surface area contributed by atoms with Crippen LogP contribution in [0.5, 0.6) is 0 Å². The van der Waals surface area contributed by atoms with Gasteiger partial charge in [-0.25, -0.2) is 14.3 Å². The van der Waals surface area contributed by atoms with E-state index >= 15 is 0 Å². The topological polar surface area (TPSA) is 142 Å². The third-order valence-corrected chi connectivity index (χ3v) is 3.40. The van der Waals surface area contributed by atoms with Crippen LogP contribution in [0.25, 0.3) is 5.69 Å². The summed E-state index contributed by atoms with van der Waals surface area (Å²) in [7, 11) is 0. The summed E-state index contributed by atoms with van der Waals surface area (Å²) in [6.07, 6.45) is 0. The van der Waals surface area contributed by atoms with Crippen molar-refractivity contribution in [3.8, 4) is 11.8 Å². The molecular weight excluding hydrogens is 312 g/mol. The molecule has 2 aromatic rings. The molecule has 0 atom stereocenters. The fraction of sp³-hybridized carbons (Fsp3) is 0.250. The lowest BCUT2D eigenvalue weighted by atomic mass is 9.90. The maximum absolute atomic E-state index is 11.2. The largest absolute Gasteiger partial charge is 0.478 e. The number of rotatable bonds is 3. The lowest BCUT2D eigenvalue weighted by Gasteiger charge is -2.15. The van der Waals surface area contributed by atoms with E-state index in [2.05, 4.69) is 5.10 Å². The summed E-state index contributed by atoms with van der Waals surface area (Å²) in [5, 5.41) is 32.0. The summed E-state index contributed by atoms with van der Waals surface area (Å²) in [6, 6.07) is 5.55. The molecule has 8 nitrogen and oxygen atoms in total. The van der Waals surface area contributed by atoms with Crippen molar-refractivity contribution in [2.75, 3.05) is 5.73 Å². The van der Waals surface area contributed by atoms with Gasteiger partial charge >= 0.3 is 11.9 Å². The third-order valence-electron chi connectivity index (χ3n) is 3.40. The maximum Gasteiger partial charge on any atom is 0.335 e. The van der Waals surface area contributed by atoms with Gasteiger partial charge in [-0.3, -0.25) is 0 Å². The minimum atomic E-state index is -1.28. The summed E-state index contributed by atoms with van der Waals surface area (Å²) in [6.45, 7) is 5.57. The first-order chi connectivity index (χ1) is 11.1. The zero-order valence-corrected chi connectivity index (χ0v) is 13.4. The van der Waals surface area contributed by atoms with Crippen molar-refractivity contribution < 1.29 is 19.8 Å². The lowest BCUT2D eigenvalue weighted by Crippen LogP contribution is -2.14. The number of carboxylic acids is 2. The number of hydrogen-bond acceptors (Lipinski definition) is 5. The summed E-state index contributed by atoms with van der Waals surface area (Å²) in [5.41, 5.74) is 5.88. The number of nitrogens with two attached hydrogens (primary N) is 1. The van der Waals surface area contributed by atoms with E-state index in [4.69, 9.17) is 15.9 Å². The second kappa shape index (κ2) is 5.70. The van der Waals surface area contributed by atoms with Crippen LogP contribution in [0.15, 0.2) is 18.2 Å². The third kappa shape index (κ3) is 2.92. The Morgan fingerprint density at radius 2 is 1.67 bits per heavy atom. The van der Waals surface area contributed by atoms with E-state index in [-0.39, 0.29) is 28.2 Å². The Morgan fingerprint density at radius 3 is 2.00 bits per heavy atom. The molecule has 1 heterocycles. The second-order valence-electron chi connectivity index (χ2n) is 6.26.